The molecule has 24 heavy (non-hydrogen) atoms. The number of benzene rings is 1. The minimum Gasteiger partial charge on any atom is -0.497 e. The Morgan fingerprint density at radius 1 is 1.04 bits per heavy atom. The lowest BCUT2D eigenvalue weighted by Gasteiger charge is -2.60. The molecule has 1 fully saturated rings. The highest BCUT2D eigenvalue weighted by atomic mass is 17.3. The van der Waals surface area contributed by atoms with E-state index in [0.29, 0.717) is 6.61 Å². The van der Waals surface area contributed by atoms with Crippen LogP contribution in [0.5, 0.6) is 5.75 Å². The van der Waals surface area contributed by atoms with Crippen LogP contribution in [0.2, 0.25) is 0 Å². The zero-order chi connectivity index (χ0) is 18.2. The van der Waals surface area contributed by atoms with Gasteiger partial charge in [0, 0.05) is 5.56 Å². The molecule has 0 aliphatic carbocycles. The van der Waals surface area contributed by atoms with Gasteiger partial charge in [0.2, 0.25) is 0 Å². The highest BCUT2D eigenvalue weighted by Gasteiger charge is 2.70. The van der Waals surface area contributed by atoms with Crippen molar-refractivity contribution in [1.29, 1.82) is 0 Å². The van der Waals surface area contributed by atoms with E-state index in [9.17, 15) is 0 Å². The van der Waals surface area contributed by atoms with E-state index in [-0.39, 0.29) is 17.3 Å². The third-order valence-electron chi connectivity index (χ3n) is 4.68. The normalized spacial score (nSPS) is 23.4. The Morgan fingerprint density at radius 3 is 2.08 bits per heavy atom. The van der Waals surface area contributed by atoms with Gasteiger partial charge < -0.3 is 9.47 Å². The van der Waals surface area contributed by atoms with Crippen molar-refractivity contribution in [1.82, 2.24) is 0 Å². The molecule has 136 valence electrons. The molecule has 1 aromatic rings. The third kappa shape index (κ3) is 3.07. The lowest BCUT2D eigenvalue weighted by Crippen LogP contribution is -2.71. The van der Waals surface area contributed by atoms with Gasteiger partial charge in [0.15, 0.2) is 5.60 Å². The molecule has 1 unspecified atom stereocenters. The van der Waals surface area contributed by atoms with Gasteiger partial charge >= 0.3 is 0 Å². The molecular formula is C20H32O4. The highest BCUT2D eigenvalue weighted by Crippen LogP contribution is 2.57. The summed E-state index contributed by atoms with van der Waals surface area (Å²) >= 11 is 0. The van der Waals surface area contributed by atoms with Crippen molar-refractivity contribution in [2.75, 3.05) is 13.7 Å². The first-order chi connectivity index (χ1) is 11.1. The first-order valence-electron chi connectivity index (χ1n) is 8.74. The predicted octanol–water partition coefficient (Wildman–Crippen LogP) is 4.92. The Hall–Kier alpha value is -1.10. The largest absolute Gasteiger partial charge is 0.497 e. The lowest BCUT2D eigenvalue weighted by molar-refractivity contribution is -0.638. The summed E-state index contributed by atoms with van der Waals surface area (Å²) in [5, 5.41) is 0. The average molecular weight is 336 g/mol. The second-order valence-electron chi connectivity index (χ2n) is 8.47. The van der Waals surface area contributed by atoms with Gasteiger partial charge in [0.1, 0.15) is 5.75 Å². The molecule has 2 rings (SSSR count). The Kier molecular flexibility index (Phi) is 5.34. The summed E-state index contributed by atoms with van der Waals surface area (Å²) in [4.78, 5) is 11.5. The van der Waals surface area contributed by atoms with Crippen molar-refractivity contribution in [3.05, 3.63) is 29.8 Å². The van der Waals surface area contributed by atoms with Crippen LogP contribution in [0.1, 0.15) is 54.0 Å². The Bertz CT molecular complexity index is 551. The standard InChI is InChI=1S/C20H32O4/c1-14(2)19(15(3)4)20(24-23-19,22-13-18(5,6)7)16-10-9-11-17(12-16)21-8/h9-12,14-15H,13H2,1-8H3. The van der Waals surface area contributed by atoms with Gasteiger partial charge in [-0.1, -0.05) is 60.6 Å². The molecule has 4 heteroatoms. The number of methoxy groups -OCH3 is 1. The van der Waals surface area contributed by atoms with Crippen LogP contribution in [0, 0.1) is 17.3 Å². The van der Waals surface area contributed by atoms with Crippen molar-refractivity contribution in [3.63, 3.8) is 0 Å². The number of ether oxygens (including phenoxy) is 2. The first-order valence-corrected chi connectivity index (χ1v) is 8.74. The SMILES string of the molecule is COc1cccc(C2(OCC(C)(C)C)OOC2(C(C)C)C(C)C)c1. The molecular weight excluding hydrogens is 304 g/mol. The quantitative estimate of drug-likeness (QED) is 0.691. The second kappa shape index (κ2) is 6.66. The zero-order valence-electron chi connectivity index (χ0n) is 16.3. The molecule has 0 amide bonds. The van der Waals surface area contributed by atoms with Crippen molar-refractivity contribution in [2.24, 2.45) is 17.3 Å². The number of hydrogen-bond acceptors (Lipinski definition) is 4. The summed E-state index contributed by atoms with van der Waals surface area (Å²) in [6.07, 6.45) is 0. The summed E-state index contributed by atoms with van der Waals surface area (Å²) in [5.74, 6) is 0.287. The van der Waals surface area contributed by atoms with Crippen LogP contribution < -0.4 is 4.74 Å². The average Bonchev–Trinajstić information content (AvgIpc) is 2.45. The van der Waals surface area contributed by atoms with Gasteiger partial charge in [-0.2, -0.15) is 4.89 Å². The van der Waals surface area contributed by atoms with Crippen LogP contribution >= 0.6 is 0 Å². The monoisotopic (exact) mass is 336 g/mol. The van der Waals surface area contributed by atoms with Crippen LogP contribution in [0.25, 0.3) is 0 Å². The van der Waals surface area contributed by atoms with Crippen molar-refractivity contribution >= 4 is 0 Å². The predicted molar refractivity (Wildman–Crippen MR) is 94.7 cm³/mol. The van der Waals surface area contributed by atoms with Crippen LogP contribution in [-0.4, -0.2) is 19.3 Å². The smallest absolute Gasteiger partial charge is 0.260 e. The summed E-state index contributed by atoms with van der Waals surface area (Å²) < 4.78 is 11.9. The lowest BCUT2D eigenvalue weighted by atomic mass is 9.70. The molecule has 1 aliphatic heterocycles. The van der Waals surface area contributed by atoms with E-state index in [1.807, 2.05) is 24.3 Å². The number of hydrogen-bond donors (Lipinski definition) is 0. The van der Waals surface area contributed by atoms with E-state index in [1.165, 1.54) is 0 Å². The minimum absolute atomic E-state index is 0.0184. The minimum atomic E-state index is -0.933. The van der Waals surface area contributed by atoms with Crippen molar-refractivity contribution in [2.45, 2.75) is 59.9 Å². The van der Waals surface area contributed by atoms with Gasteiger partial charge in [0.25, 0.3) is 5.79 Å². The molecule has 1 aromatic carbocycles. The Balaban J connectivity index is 2.53. The molecule has 0 spiro atoms. The maximum atomic E-state index is 6.45. The van der Waals surface area contributed by atoms with E-state index < -0.39 is 11.4 Å². The van der Waals surface area contributed by atoms with Crippen LogP contribution in [0.3, 0.4) is 0 Å². The summed E-state index contributed by atoms with van der Waals surface area (Å²) in [6.45, 7) is 15.6. The van der Waals surface area contributed by atoms with E-state index in [4.69, 9.17) is 19.2 Å². The fourth-order valence-electron chi connectivity index (χ4n) is 3.47. The van der Waals surface area contributed by atoms with E-state index in [2.05, 4.69) is 48.5 Å². The van der Waals surface area contributed by atoms with Crippen molar-refractivity contribution < 1.29 is 19.2 Å². The Labute approximate surface area is 146 Å². The molecule has 1 heterocycles. The molecule has 1 atom stereocenters. The molecule has 0 N–H and O–H groups in total. The fraction of sp³-hybridized carbons (Fsp3) is 0.700. The van der Waals surface area contributed by atoms with Crippen LogP contribution in [0.15, 0.2) is 24.3 Å². The Morgan fingerprint density at radius 2 is 1.67 bits per heavy atom. The summed E-state index contributed by atoms with van der Waals surface area (Å²) in [6, 6.07) is 7.88. The van der Waals surface area contributed by atoms with Gasteiger partial charge in [0.05, 0.1) is 13.7 Å². The third-order valence-corrected chi connectivity index (χ3v) is 4.68. The fourth-order valence-corrected chi connectivity index (χ4v) is 3.47. The molecule has 0 aromatic heterocycles. The van der Waals surface area contributed by atoms with Crippen LogP contribution in [0.4, 0.5) is 0 Å². The molecule has 1 saturated heterocycles. The van der Waals surface area contributed by atoms with E-state index in [0.717, 1.165) is 11.3 Å². The second-order valence-corrected chi connectivity index (χ2v) is 8.47. The van der Waals surface area contributed by atoms with Gasteiger partial charge in [-0.05, 0) is 29.4 Å². The zero-order valence-corrected chi connectivity index (χ0v) is 16.3. The molecule has 0 bridgehead atoms. The van der Waals surface area contributed by atoms with Gasteiger partial charge in [-0.25, -0.2) is 4.89 Å². The van der Waals surface area contributed by atoms with E-state index in [1.54, 1.807) is 7.11 Å². The molecule has 0 radical (unpaired) electrons. The molecule has 0 saturated carbocycles. The van der Waals surface area contributed by atoms with Crippen LogP contribution in [-0.2, 0) is 20.3 Å². The van der Waals surface area contributed by atoms with Gasteiger partial charge in [-0.15, -0.1) is 0 Å². The topological polar surface area (TPSA) is 36.9 Å². The maximum Gasteiger partial charge on any atom is 0.260 e. The summed E-state index contributed by atoms with van der Waals surface area (Å²) in [7, 11) is 1.66. The highest BCUT2D eigenvalue weighted by molar-refractivity contribution is 5.34. The molecule has 1 aliphatic rings. The maximum absolute atomic E-state index is 6.45. The number of rotatable bonds is 6. The summed E-state index contributed by atoms with van der Waals surface area (Å²) in [5.41, 5.74) is 0.398. The molecule has 4 nitrogen and oxygen atoms in total. The van der Waals surface area contributed by atoms with Crippen molar-refractivity contribution in [3.8, 4) is 5.75 Å². The van der Waals surface area contributed by atoms with E-state index >= 15 is 0 Å². The van der Waals surface area contributed by atoms with Gasteiger partial charge in [-0.3, -0.25) is 0 Å². The first kappa shape index (κ1) is 19.2.